The maximum atomic E-state index is 13.7. The van der Waals surface area contributed by atoms with Crippen LogP contribution in [0.15, 0.2) is 48.5 Å². The van der Waals surface area contributed by atoms with Gasteiger partial charge in [0.25, 0.3) is 5.91 Å². The minimum atomic E-state index is -1.67. The summed E-state index contributed by atoms with van der Waals surface area (Å²) in [7, 11) is -0.887. The largest absolute Gasteiger partial charge is 0.497 e. The molecule has 10 atom stereocenters. The number of benzene rings is 2. The summed E-state index contributed by atoms with van der Waals surface area (Å²) < 4.78 is 12.7. The van der Waals surface area contributed by atoms with Gasteiger partial charge in [0, 0.05) is 13.5 Å². The van der Waals surface area contributed by atoms with Crippen LogP contribution in [0.2, 0.25) is 0 Å². The van der Waals surface area contributed by atoms with Crippen LogP contribution in [0.3, 0.4) is 0 Å². The van der Waals surface area contributed by atoms with Gasteiger partial charge in [-0.25, -0.2) is 0 Å². The summed E-state index contributed by atoms with van der Waals surface area (Å²) in [5.74, 6) is -2.74. The smallest absolute Gasteiger partial charge is 0.403 e. The summed E-state index contributed by atoms with van der Waals surface area (Å²) in [6.45, 7) is 12.9. The van der Waals surface area contributed by atoms with Gasteiger partial charge < -0.3 is 63.5 Å². The third-order valence-corrected chi connectivity index (χ3v) is 14.0. The predicted octanol–water partition coefficient (Wildman–Crippen LogP) is 2.01. The van der Waals surface area contributed by atoms with Crippen LogP contribution >= 0.6 is 0 Å². The van der Waals surface area contributed by atoms with Crippen molar-refractivity contribution >= 4 is 36.7 Å². The van der Waals surface area contributed by atoms with Gasteiger partial charge in [0.05, 0.1) is 17.8 Å². The summed E-state index contributed by atoms with van der Waals surface area (Å²) in [4.78, 5) is 66.1. The molecule has 1 unspecified atom stereocenters. The fourth-order valence-corrected chi connectivity index (χ4v) is 9.79. The normalized spacial score (nSPS) is 23.2. The molecule has 0 radical (unpaired) electrons. The third-order valence-electron chi connectivity index (χ3n) is 14.0. The van der Waals surface area contributed by atoms with E-state index in [0.29, 0.717) is 50.7 Å². The summed E-state index contributed by atoms with van der Waals surface area (Å²) in [5.41, 5.74) is 22.6. The second-order valence-corrected chi connectivity index (χ2v) is 19.4. The Morgan fingerprint density at radius 2 is 1.39 bits per heavy atom. The van der Waals surface area contributed by atoms with Crippen molar-refractivity contribution in [2.45, 2.75) is 167 Å². The Morgan fingerprint density at radius 1 is 0.773 bits per heavy atom. The number of unbranched alkanes of at least 4 members (excludes halogenated alkanes) is 3. The highest BCUT2D eigenvalue weighted by atomic mass is 16.7. The molecule has 4 fully saturated rings. The molecule has 4 aliphatic rings. The van der Waals surface area contributed by atoms with Crippen molar-refractivity contribution in [2.75, 3.05) is 13.1 Å². The highest BCUT2D eigenvalue weighted by Gasteiger charge is 2.68. The number of amides is 5. The molecular weight excluding hydrogens is 841 g/mol. The van der Waals surface area contributed by atoms with Gasteiger partial charge in [-0.2, -0.15) is 0 Å². The fourth-order valence-electron chi connectivity index (χ4n) is 9.79. The van der Waals surface area contributed by atoms with Crippen molar-refractivity contribution in [1.29, 1.82) is 0 Å². The molecule has 3 saturated carbocycles. The maximum Gasteiger partial charge on any atom is 0.497 e. The van der Waals surface area contributed by atoms with Crippen molar-refractivity contribution in [3.05, 3.63) is 59.7 Å². The molecule has 18 heteroatoms. The Balaban J connectivity index is 1.09. The van der Waals surface area contributed by atoms with Gasteiger partial charge in [0.15, 0.2) is 6.17 Å². The minimum Gasteiger partial charge on any atom is -0.403 e. The molecule has 3 aliphatic carbocycles. The average molecular weight is 918 g/mol. The number of aryl methyl sites for hydroxylation is 1. The number of hydrogen-bond acceptors (Lipinski definition) is 12. The Morgan fingerprint density at radius 3 is 2.00 bits per heavy atom. The Kier molecular flexibility index (Phi) is 19.1. The summed E-state index contributed by atoms with van der Waals surface area (Å²) in [6, 6.07) is 12.4. The lowest BCUT2D eigenvalue weighted by molar-refractivity contribution is -0.199. The molecule has 1 aliphatic heterocycles. The molecule has 1 heterocycles. The maximum absolute atomic E-state index is 13.7. The highest BCUT2D eigenvalue weighted by molar-refractivity contribution is 6.47. The van der Waals surface area contributed by atoms with E-state index in [0.717, 1.165) is 42.4 Å². The first-order chi connectivity index (χ1) is 31.4. The van der Waals surface area contributed by atoms with E-state index in [1.54, 1.807) is 0 Å². The van der Waals surface area contributed by atoms with Crippen molar-refractivity contribution < 1.29 is 38.4 Å². The number of nitrogens with one attached hydrogen (secondary N) is 6. The molecule has 2 bridgehead atoms. The van der Waals surface area contributed by atoms with Gasteiger partial charge in [0.2, 0.25) is 23.6 Å². The molecular formula is C48H76BN9O8. The second kappa shape index (κ2) is 24.0. The van der Waals surface area contributed by atoms with Gasteiger partial charge >= 0.3 is 7.12 Å². The van der Waals surface area contributed by atoms with Crippen LogP contribution in [-0.4, -0.2) is 103 Å². The van der Waals surface area contributed by atoms with Crippen LogP contribution in [0.5, 0.6) is 0 Å². The quantitative estimate of drug-likeness (QED) is 0.0369. The first-order valence-corrected chi connectivity index (χ1v) is 24.0. The summed E-state index contributed by atoms with van der Waals surface area (Å²) in [5, 5.41) is 26.8. The number of aliphatic hydroxyl groups is 1. The van der Waals surface area contributed by atoms with E-state index < -0.39 is 78.7 Å². The number of hydrogen-bond donors (Lipinski definition) is 10. The van der Waals surface area contributed by atoms with Crippen LogP contribution in [-0.2, 0) is 46.2 Å². The van der Waals surface area contributed by atoms with Crippen LogP contribution in [0.25, 0.3) is 11.1 Å². The standard InChI is InChI=1S/C48H76BN9O8/c1-7-8-13-31-16-20-33(21-17-31)34-22-18-32(19-23-34)28-53-25-12-15-36(54-30(3)60)42(61)56-40(29(2)59)44(63)57-41(51)45(64)55-37(14-10-9-11-24-50)43(62)58-46(52)49-65-39-27-35-26-38(47(35,4)5)48(39,6)66-49/h16-23,29,35-41,46,53,59H,7-15,24-28,50-52H2,1-6H3,(H,54,60)(H,55,64)(H,56,61)(H,57,63)(H,58,62)/t29-,35+,36+,37+,38+,39?,40+,41-,46-,48+/m1/s1. The van der Waals surface area contributed by atoms with Gasteiger partial charge in [-0.05, 0) is 118 Å². The SMILES string of the molecule is CCCCc1ccc(-c2ccc(CNCCC[C@H](NC(C)=O)C(=O)N[C@H](C(=O)N[C@@H](N)C(=O)N[C@@H](CCCCCN)C(=O)N[C@@H](N)B3OC4C[C@@H]5C[C@@H](C5(C)C)[C@]4(C)O3)[C@@H](C)O)cc2)cc1. The number of carbonyl (C=O) groups is 5. The van der Waals surface area contributed by atoms with E-state index in [2.05, 4.69) is 108 Å². The van der Waals surface area contributed by atoms with Crippen LogP contribution in [0.1, 0.15) is 117 Å². The molecule has 1 saturated heterocycles. The van der Waals surface area contributed by atoms with Crippen LogP contribution in [0.4, 0.5) is 0 Å². The van der Waals surface area contributed by atoms with E-state index in [9.17, 15) is 29.1 Å². The molecule has 17 nitrogen and oxygen atoms in total. The third kappa shape index (κ3) is 13.6. The number of aliphatic hydroxyl groups excluding tert-OH is 1. The Labute approximate surface area is 391 Å². The van der Waals surface area contributed by atoms with Crippen molar-refractivity contribution in [2.24, 2.45) is 34.5 Å². The summed E-state index contributed by atoms with van der Waals surface area (Å²) in [6.07, 6.45) is 5.04. The van der Waals surface area contributed by atoms with Gasteiger partial charge in [-0.1, -0.05) is 88.6 Å². The van der Waals surface area contributed by atoms with Crippen LogP contribution < -0.4 is 49.1 Å². The number of rotatable bonds is 26. The van der Waals surface area contributed by atoms with Gasteiger partial charge in [-0.3, -0.25) is 24.0 Å². The number of carbonyl (C=O) groups excluding carboxylic acids is 5. The first-order valence-electron chi connectivity index (χ1n) is 24.0. The predicted molar refractivity (Wildman–Crippen MR) is 254 cm³/mol. The zero-order valence-corrected chi connectivity index (χ0v) is 39.8. The Hall–Kier alpha value is -4.43. The van der Waals surface area contributed by atoms with Gasteiger partial charge in [-0.15, -0.1) is 0 Å². The molecule has 66 heavy (non-hydrogen) atoms. The zero-order valence-electron chi connectivity index (χ0n) is 39.8. The van der Waals surface area contributed by atoms with E-state index >= 15 is 0 Å². The fraction of sp³-hybridized carbons (Fsp3) is 0.646. The van der Waals surface area contributed by atoms with Crippen molar-refractivity contribution in [3.8, 4) is 11.1 Å². The van der Waals surface area contributed by atoms with E-state index in [4.69, 9.17) is 26.5 Å². The topological polar surface area (TPSA) is 274 Å². The van der Waals surface area contributed by atoms with Crippen molar-refractivity contribution in [1.82, 2.24) is 31.9 Å². The molecule has 364 valence electrons. The lowest BCUT2D eigenvalue weighted by Crippen LogP contribution is -2.65. The molecule has 2 aromatic carbocycles. The zero-order chi connectivity index (χ0) is 48.2. The first kappa shape index (κ1) is 52.5. The molecule has 13 N–H and O–H groups in total. The number of nitrogens with two attached hydrogens (primary N) is 3. The van der Waals surface area contributed by atoms with E-state index in [1.807, 2.05) is 0 Å². The van der Waals surface area contributed by atoms with Gasteiger partial charge in [0.1, 0.15) is 24.2 Å². The van der Waals surface area contributed by atoms with Crippen molar-refractivity contribution in [3.63, 3.8) is 0 Å². The van der Waals surface area contributed by atoms with E-state index in [-0.39, 0.29) is 24.4 Å². The summed E-state index contributed by atoms with van der Waals surface area (Å²) >= 11 is 0. The van der Waals surface area contributed by atoms with E-state index in [1.165, 1.54) is 32.3 Å². The molecule has 6 rings (SSSR count). The minimum absolute atomic E-state index is 0.120. The highest BCUT2D eigenvalue weighted by Crippen LogP contribution is 2.65. The second-order valence-electron chi connectivity index (χ2n) is 19.4. The average Bonchev–Trinajstić information content (AvgIpc) is 3.65. The monoisotopic (exact) mass is 918 g/mol. The molecule has 2 aromatic rings. The molecule has 0 aromatic heterocycles. The molecule has 0 spiro atoms. The van der Waals surface area contributed by atoms with Crippen LogP contribution in [0, 0.1) is 17.3 Å². The lowest BCUT2D eigenvalue weighted by atomic mass is 9.43. The Bertz CT molecular complexity index is 1940. The molecule has 5 amide bonds. The lowest BCUT2D eigenvalue weighted by Gasteiger charge is -2.64.